The normalized spacial score (nSPS) is 12.1. The molecule has 124 valence electrons. The SMILES string of the molecule is CC(Cc1c(Cl)cccc1Cl)NC(=S)Nc1nc2ccccc2s1. The van der Waals surface area contributed by atoms with Gasteiger partial charge >= 0.3 is 0 Å². The Bertz CT molecular complexity index is 826. The molecule has 2 N–H and O–H groups in total. The Morgan fingerprint density at radius 3 is 2.58 bits per heavy atom. The average Bonchev–Trinajstić information content (AvgIpc) is 2.93. The molecule has 1 unspecified atom stereocenters. The van der Waals surface area contributed by atoms with E-state index in [1.54, 1.807) is 11.3 Å². The maximum atomic E-state index is 6.22. The Morgan fingerprint density at radius 2 is 1.88 bits per heavy atom. The van der Waals surface area contributed by atoms with Gasteiger partial charge in [-0.3, -0.25) is 0 Å². The second-order valence-electron chi connectivity index (χ2n) is 5.39. The van der Waals surface area contributed by atoms with Gasteiger partial charge in [-0.05, 0) is 55.4 Å². The number of benzene rings is 2. The second-order valence-corrected chi connectivity index (χ2v) is 7.64. The number of thiazole rings is 1. The summed E-state index contributed by atoms with van der Waals surface area (Å²) in [7, 11) is 0. The lowest BCUT2D eigenvalue weighted by Crippen LogP contribution is -2.37. The minimum atomic E-state index is 0.0804. The quantitative estimate of drug-likeness (QED) is 0.570. The van der Waals surface area contributed by atoms with E-state index in [0.29, 0.717) is 21.6 Å². The van der Waals surface area contributed by atoms with Crippen LogP contribution in [-0.2, 0) is 6.42 Å². The van der Waals surface area contributed by atoms with Gasteiger partial charge in [0.05, 0.1) is 10.2 Å². The molecular weight excluding hydrogens is 381 g/mol. The van der Waals surface area contributed by atoms with Crippen LogP contribution in [0.3, 0.4) is 0 Å². The first-order valence-corrected chi connectivity index (χ1v) is 9.37. The minimum absolute atomic E-state index is 0.0804. The molecule has 0 radical (unpaired) electrons. The Balaban J connectivity index is 1.62. The molecule has 1 atom stereocenters. The van der Waals surface area contributed by atoms with Crippen LogP contribution in [0, 0.1) is 0 Å². The molecule has 2 aromatic carbocycles. The number of nitrogens with one attached hydrogen (secondary N) is 2. The topological polar surface area (TPSA) is 37.0 Å². The summed E-state index contributed by atoms with van der Waals surface area (Å²) in [5.74, 6) is 0. The van der Waals surface area contributed by atoms with Gasteiger partial charge in [0.2, 0.25) is 0 Å². The highest BCUT2D eigenvalue weighted by Crippen LogP contribution is 2.26. The standard InChI is InChI=1S/C17H15Cl2N3S2/c1-10(9-11-12(18)5-4-6-13(11)19)20-16(23)22-17-21-14-7-2-3-8-15(14)24-17/h2-8,10H,9H2,1H3,(H2,20,21,22,23). The number of thiocarbonyl (C=S) groups is 1. The van der Waals surface area contributed by atoms with E-state index < -0.39 is 0 Å². The number of hydrogen-bond acceptors (Lipinski definition) is 3. The molecule has 0 aliphatic carbocycles. The minimum Gasteiger partial charge on any atom is -0.360 e. The number of rotatable bonds is 4. The molecule has 0 aliphatic rings. The monoisotopic (exact) mass is 395 g/mol. The van der Waals surface area contributed by atoms with Crippen LogP contribution < -0.4 is 10.6 Å². The van der Waals surface area contributed by atoms with Crippen molar-refractivity contribution in [2.75, 3.05) is 5.32 Å². The predicted octanol–water partition coefficient (Wildman–Crippen LogP) is 5.52. The number of aromatic nitrogens is 1. The van der Waals surface area contributed by atoms with Gasteiger partial charge < -0.3 is 10.6 Å². The Hall–Kier alpha value is -1.40. The largest absolute Gasteiger partial charge is 0.360 e. The summed E-state index contributed by atoms with van der Waals surface area (Å²) in [6.07, 6.45) is 0.681. The lowest BCUT2D eigenvalue weighted by molar-refractivity contribution is 0.664. The first-order chi connectivity index (χ1) is 11.5. The Morgan fingerprint density at radius 1 is 1.17 bits per heavy atom. The maximum Gasteiger partial charge on any atom is 0.190 e. The van der Waals surface area contributed by atoms with Gasteiger partial charge in [-0.1, -0.05) is 52.7 Å². The lowest BCUT2D eigenvalue weighted by Gasteiger charge is -2.17. The second kappa shape index (κ2) is 7.66. The van der Waals surface area contributed by atoms with Crippen molar-refractivity contribution in [2.45, 2.75) is 19.4 Å². The summed E-state index contributed by atoms with van der Waals surface area (Å²) in [6.45, 7) is 2.03. The van der Waals surface area contributed by atoms with Crippen LogP contribution >= 0.6 is 46.8 Å². The van der Waals surface area contributed by atoms with E-state index in [9.17, 15) is 0 Å². The van der Waals surface area contributed by atoms with E-state index in [1.807, 2.05) is 49.4 Å². The molecule has 3 aromatic rings. The van der Waals surface area contributed by atoms with E-state index in [1.165, 1.54) is 0 Å². The Labute approximate surface area is 160 Å². The first-order valence-electron chi connectivity index (χ1n) is 7.39. The van der Waals surface area contributed by atoms with Crippen molar-refractivity contribution >= 4 is 67.2 Å². The number of anilines is 1. The third kappa shape index (κ3) is 4.16. The molecule has 3 nitrogen and oxygen atoms in total. The van der Waals surface area contributed by atoms with E-state index in [2.05, 4.69) is 15.6 Å². The molecule has 0 amide bonds. The van der Waals surface area contributed by atoms with Crippen molar-refractivity contribution in [3.05, 3.63) is 58.1 Å². The third-order valence-corrected chi connectivity index (χ3v) is 5.34. The van der Waals surface area contributed by atoms with Crippen molar-refractivity contribution < 1.29 is 0 Å². The van der Waals surface area contributed by atoms with E-state index in [-0.39, 0.29) is 6.04 Å². The lowest BCUT2D eigenvalue weighted by atomic mass is 10.1. The highest BCUT2D eigenvalue weighted by Gasteiger charge is 2.12. The average molecular weight is 396 g/mol. The first kappa shape index (κ1) is 17.4. The van der Waals surface area contributed by atoms with Crippen LogP contribution in [0.1, 0.15) is 12.5 Å². The van der Waals surface area contributed by atoms with Crippen LogP contribution in [0.15, 0.2) is 42.5 Å². The summed E-state index contributed by atoms with van der Waals surface area (Å²) in [6, 6.07) is 13.6. The summed E-state index contributed by atoms with van der Waals surface area (Å²) in [4.78, 5) is 4.51. The van der Waals surface area contributed by atoms with Gasteiger partial charge in [0.25, 0.3) is 0 Å². The van der Waals surface area contributed by atoms with Gasteiger partial charge in [-0.25, -0.2) is 4.98 Å². The Kier molecular flexibility index (Phi) is 5.56. The van der Waals surface area contributed by atoms with E-state index in [0.717, 1.165) is 20.9 Å². The predicted molar refractivity (Wildman–Crippen MR) is 109 cm³/mol. The molecule has 3 rings (SSSR count). The van der Waals surface area contributed by atoms with Crippen molar-refractivity contribution in [1.82, 2.24) is 10.3 Å². The van der Waals surface area contributed by atoms with Gasteiger partial charge in [0, 0.05) is 16.1 Å². The molecule has 24 heavy (non-hydrogen) atoms. The van der Waals surface area contributed by atoms with Crippen molar-refractivity contribution in [2.24, 2.45) is 0 Å². The fourth-order valence-corrected chi connectivity index (χ4v) is 4.15. The molecule has 0 spiro atoms. The zero-order chi connectivity index (χ0) is 17.1. The van der Waals surface area contributed by atoms with Crippen LogP contribution in [0.5, 0.6) is 0 Å². The highest BCUT2D eigenvalue weighted by atomic mass is 35.5. The van der Waals surface area contributed by atoms with Crippen LogP contribution in [0.25, 0.3) is 10.2 Å². The number of hydrogen-bond donors (Lipinski definition) is 2. The van der Waals surface area contributed by atoms with E-state index in [4.69, 9.17) is 35.4 Å². The van der Waals surface area contributed by atoms with Crippen LogP contribution in [-0.4, -0.2) is 16.1 Å². The highest BCUT2D eigenvalue weighted by molar-refractivity contribution is 7.80. The molecule has 7 heteroatoms. The molecule has 0 fully saturated rings. The molecule has 0 saturated heterocycles. The number of para-hydroxylation sites is 1. The molecule has 1 heterocycles. The molecular formula is C17H15Cl2N3S2. The number of fused-ring (bicyclic) bond motifs is 1. The smallest absolute Gasteiger partial charge is 0.190 e. The number of nitrogens with zero attached hydrogens (tertiary/aromatic N) is 1. The zero-order valence-corrected chi connectivity index (χ0v) is 16.0. The maximum absolute atomic E-state index is 6.22. The summed E-state index contributed by atoms with van der Waals surface area (Å²) < 4.78 is 1.12. The summed E-state index contributed by atoms with van der Waals surface area (Å²) in [5.41, 5.74) is 1.88. The van der Waals surface area contributed by atoms with E-state index >= 15 is 0 Å². The molecule has 0 bridgehead atoms. The van der Waals surface area contributed by atoms with Crippen molar-refractivity contribution in [3.63, 3.8) is 0 Å². The molecule has 1 aromatic heterocycles. The fraction of sp³-hybridized carbons (Fsp3) is 0.176. The van der Waals surface area contributed by atoms with Crippen LogP contribution in [0.4, 0.5) is 5.13 Å². The third-order valence-electron chi connectivity index (χ3n) is 3.46. The zero-order valence-electron chi connectivity index (χ0n) is 12.8. The summed E-state index contributed by atoms with van der Waals surface area (Å²) >= 11 is 19.4. The number of halogens is 2. The molecule has 0 aliphatic heterocycles. The van der Waals surface area contributed by atoms with Gasteiger partial charge in [-0.2, -0.15) is 0 Å². The van der Waals surface area contributed by atoms with Crippen molar-refractivity contribution in [3.8, 4) is 0 Å². The van der Waals surface area contributed by atoms with Crippen molar-refractivity contribution in [1.29, 1.82) is 0 Å². The van der Waals surface area contributed by atoms with Crippen LogP contribution in [0.2, 0.25) is 10.0 Å². The van der Waals surface area contributed by atoms with Gasteiger partial charge in [-0.15, -0.1) is 0 Å². The van der Waals surface area contributed by atoms with Gasteiger partial charge in [0.1, 0.15) is 0 Å². The van der Waals surface area contributed by atoms with Gasteiger partial charge in [0.15, 0.2) is 10.2 Å². The summed E-state index contributed by atoms with van der Waals surface area (Å²) in [5, 5.41) is 9.03. The fourth-order valence-electron chi connectivity index (χ4n) is 2.37. The molecule has 0 saturated carbocycles.